The van der Waals surface area contributed by atoms with Crippen LogP contribution in [0.25, 0.3) is 0 Å². The maximum atomic E-state index is 2.60. The summed E-state index contributed by atoms with van der Waals surface area (Å²) in [7, 11) is 0. The summed E-state index contributed by atoms with van der Waals surface area (Å²) in [5.41, 5.74) is 0.532. The zero-order chi connectivity index (χ0) is 16.4. The van der Waals surface area contributed by atoms with Gasteiger partial charge in [0.2, 0.25) is 0 Å². The first-order valence-corrected chi connectivity index (χ1v) is 11.4. The van der Waals surface area contributed by atoms with E-state index in [0.717, 1.165) is 35.5 Å². The van der Waals surface area contributed by atoms with Gasteiger partial charge in [-0.25, -0.2) is 0 Å². The van der Waals surface area contributed by atoms with Crippen molar-refractivity contribution < 1.29 is 0 Å². The van der Waals surface area contributed by atoms with E-state index < -0.39 is 0 Å². The fourth-order valence-electron chi connectivity index (χ4n) is 10.7. The van der Waals surface area contributed by atoms with Crippen LogP contribution in [0.5, 0.6) is 0 Å². The molecule has 0 amide bonds. The van der Waals surface area contributed by atoms with Gasteiger partial charge in [0.25, 0.3) is 0 Å². The third-order valence-electron chi connectivity index (χ3n) is 10.8. The van der Waals surface area contributed by atoms with Gasteiger partial charge in [0.05, 0.1) is 0 Å². The number of fused-ring (bicyclic) bond motifs is 11. The molecular formula is C24H38. The molecule has 0 aromatic carbocycles. The zero-order valence-corrected chi connectivity index (χ0v) is 16.4. The van der Waals surface area contributed by atoms with Crippen molar-refractivity contribution in [3.8, 4) is 0 Å². The first-order valence-electron chi connectivity index (χ1n) is 11.4. The Morgan fingerprint density at radius 1 is 0.583 bits per heavy atom. The van der Waals surface area contributed by atoms with E-state index in [0.29, 0.717) is 5.41 Å². The minimum atomic E-state index is 0.532. The monoisotopic (exact) mass is 326 g/mol. The normalized spacial score (nSPS) is 63.5. The Morgan fingerprint density at radius 2 is 1.17 bits per heavy atom. The summed E-state index contributed by atoms with van der Waals surface area (Å²) in [6.45, 7) is 10.2. The molecule has 12 unspecified atom stereocenters. The summed E-state index contributed by atoms with van der Waals surface area (Å²) in [5.74, 6) is 13.6. The van der Waals surface area contributed by atoms with E-state index >= 15 is 0 Å². The Labute approximate surface area is 149 Å². The van der Waals surface area contributed by atoms with Crippen LogP contribution in [0, 0.1) is 76.4 Å². The number of hydrogen-bond acceptors (Lipinski definition) is 0. The molecule has 0 heteroatoms. The topological polar surface area (TPSA) is 0 Å². The molecule has 24 heavy (non-hydrogen) atoms. The lowest BCUT2D eigenvalue weighted by atomic mass is 9.57. The molecule has 6 aliphatic rings. The first kappa shape index (κ1) is 15.1. The van der Waals surface area contributed by atoms with Gasteiger partial charge in [0, 0.05) is 0 Å². The van der Waals surface area contributed by atoms with Crippen LogP contribution in [0.15, 0.2) is 0 Å². The lowest BCUT2D eigenvalue weighted by Gasteiger charge is -2.48. The fourth-order valence-corrected chi connectivity index (χ4v) is 10.7. The SMILES string of the molecule is CC1C2CC(C3CC4CC3C3C5CCC(C5)C43)C(C2)C1C(C)(C)C. The van der Waals surface area contributed by atoms with Crippen molar-refractivity contribution in [1.29, 1.82) is 0 Å². The van der Waals surface area contributed by atoms with Gasteiger partial charge in [-0.3, -0.25) is 0 Å². The van der Waals surface area contributed by atoms with Crippen molar-refractivity contribution in [3.63, 3.8) is 0 Å². The molecule has 0 saturated heterocycles. The quantitative estimate of drug-likeness (QED) is 0.499. The van der Waals surface area contributed by atoms with Crippen LogP contribution >= 0.6 is 0 Å². The van der Waals surface area contributed by atoms with Crippen molar-refractivity contribution in [2.24, 2.45) is 76.4 Å². The standard InChI is InChI=1S/C24H38/c1-12-15-8-18(20(9-15)23(12)24(2,3)4)17-10-16-11-19(17)22-14-6-5-13(7-14)21(16)22/h12-23H,5-11H2,1-4H3. The van der Waals surface area contributed by atoms with Crippen LogP contribution in [0.1, 0.15) is 72.6 Å². The molecule has 0 radical (unpaired) electrons. The van der Waals surface area contributed by atoms with E-state index in [9.17, 15) is 0 Å². The van der Waals surface area contributed by atoms with Gasteiger partial charge in [-0.1, -0.05) is 27.7 Å². The van der Waals surface area contributed by atoms with Crippen molar-refractivity contribution in [2.45, 2.75) is 72.6 Å². The number of rotatable bonds is 1. The molecule has 134 valence electrons. The lowest BCUT2D eigenvalue weighted by molar-refractivity contribution is 0.00505. The summed E-state index contributed by atoms with van der Waals surface area (Å²) in [5, 5.41) is 0. The summed E-state index contributed by atoms with van der Waals surface area (Å²) < 4.78 is 0. The predicted octanol–water partition coefficient (Wildman–Crippen LogP) is 6.26. The van der Waals surface area contributed by atoms with Gasteiger partial charge >= 0.3 is 0 Å². The Balaban J connectivity index is 1.28. The molecule has 0 spiro atoms. The van der Waals surface area contributed by atoms with Gasteiger partial charge in [-0.2, -0.15) is 0 Å². The largest absolute Gasteiger partial charge is 0.0619 e. The molecule has 0 heterocycles. The smallest absolute Gasteiger partial charge is 0.0306 e. The average Bonchev–Trinajstić information content (AvgIpc) is 3.29. The maximum Gasteiger partial charge on any atom is -0.0306 e. The first-order chi connectivity index (χ1) is 11.4. The minimum absolute atomic E-state index is 0.532. The number of hydrogen-bond donors (Lipinski definition) is 0. The molecule has 0 aliphatic heterocycles. The van der Waals surface area contributed by atoms with Crippen molar-refractivity contribution >= 4 is 0 Å². The summed E-state index contributed by atoms with van der Waals surface area (Å²) in [4.78, 5) is 0. The zero-order valence-electron chi connectivity index (χ0n) is 16.4. The summed E-state index contributed by atoms with van der Waals surface area (Å²) in [6.07, 6.45) is 11.4. The molecule has 6 aliphatic carbocycles. The average molecular weight is 327 g/mol. The highest BCUT2D eigenvalue weighted by Gasteiger charge is 2.65. The van der Waals surface area contributed by atoms with E-state index in [2.05, 4.69) is 27.7 Å². The summed E-state index contributed by atoms with van der Waals surface area (Å²) >= 11 is 0. The van der Waals surface area contributed by atoms with Crippen molar-refractivity contribution in [2.75, 3.05) is 0 Å². The van der Waals surface area contributed by atoms with Crippen LogP contribution in [0.4, 0.5) is 0 Å². The molecular weight excluding hydrogens is 288 g/mol. The second kappa shape index (κ2) is 4.64. The lowest BCUT2D eigenvalue weighted by Crippen LogP contribution is -2.42. The minimum Gasteiger partial charge on any atom is -0.0619 e. The van der Waals surface area contributed by atoms with Gasteiger partial charge in [0.1, 0.15) is 0 Å². The third kappa shape index (κ3) is 1.72. The third-order valence-corrected chi connectivity index (χ3v) is 10.8. The van der Waals surface area contributed by atoms with E-state index in [1.54, 1.807) is 44.9 Å². The van der Waals surface area contributed by atoms with Crippen LogP contribution in [0.2, 0.25) is 0 Å². The van der Waals surface area contributed by atoms with Gasteiger partial charge in [0.15, 0.2) is 0 Å². The van der Waals surface area contributed by atoms with E-state index in [1.165, 1.54) is 35.5 Å². The summed E-state index contributed by atoms with van der Waals surface area (Å²) in [6, 6.07) is 0. The van der Waals surface area contributed by atoms with Crippen molar-refractivity contribution in [1.82, 2.24) is 0 Å². The highest BCUT2D eigenvalue weighted by atomic mass is 14.7. The molecule has 6 bridgehead atoms. The van der Waals surface area contributed by atoms with Gasteiger partial charge in [-0.05, 0) is 121 Å². The van der Waals surface area contributed by atoms with Crippen molar-refractivity contribution in [3.05, 3.63) is 0 Å². The maximum absolute atomic E-state index is 2.60. The predicted molar refractivity (Wildman–Crippen MR) is 99.3 cm³/mol. The molecule has 6 rings (SSSR count). The van der Waals surface area contributed by atoms with E-state index in [4.69, 9.17) is 0 Å². The van der Waals surface area contributed by atoms with E-state index in [1.807, 2.05) is 0 Å². The van der Waals surface area contributed by atoms with E-state index in [-0.39, 0.29) is 0 Å². The molecule has 6 fully saturated rings. The Morgan fingerprint density at radius 3 is 1.88 bits per heavy atom. The Hall–Kier alpha value is 0. The Kier molecular flexibility index (Phi) is 2.92. The van der Waals surface area contributed by atoms with Gasteiger partial charge in [-0.15, -0.1) is 0 Å². The second-order valence-electron chi connectivity index (χ2n) is 12.4. The van der Waals surface area contributed by atoms with Crippen LogP contribution in [-0.2, 0) is 0 Å². The molecule has 0 aromatic heterocycles. The molecule has 0 aromatic rings. The van der Waals surface area contributed by atoms with Crippen LogP contribution in [-0.4, -0.2) is 0 Å². The highest BCUT2D eigenvalue weighted by Crippen LogP contribution is 2.72. The van der Waals surface area contributed by atoms with Gasteiger partial charge < -0.3 is 0 Å². The van der Waals surface area contributed by atoms with Crippen LogP contribution < -0.4 is 0 Å². The molecule has 6 saturated carbocycles. The Bertz CT molecular complexity index is 541. The molecule has 12 atom stereocenters. The fraction of sp³-hybridized carbons (Fsp3) is 1.00. The molecule has 0 nitrogen and oxygen atoms in total. The molecule has 0 N–H and O–H groups in total. The van der Waals surface area contributed by atoms with Crippen LogP contribution in [0.3, 0.4) is 0 Å². The highest BCUT2D eigenvalue weighted by molar-refractivity contribution is 5.14. The second-order valence-corrected chi connectivity index (χ2v) is 12.4.